The minimum absolute atomic E-state index is 0.0852. The Morgan fingerprint density at radius 1 is 1.38 bits per heavy atom. The summed E-state index contributed by atoms with van der Waals surface area (Å²) in [6.45, 7) is 5.02. The van der Waals surface area contributed by atoms with Crippen LogP contribution in [0.5, 0.6) is 0 Å². The summed E-state index contributed by atoms with van der Waals surface area (Å²) in [5.41, 5.74) is 1.81. The predicted molar refractivity (Wildman–Crippen MR) is 51.0 cm³/mol. The van der Waals surface area contributed by atoms with Crippen LogP contribution in [0.3, 0.4) is 0 Å². The Bertz CT molecular complexity index is 305. The average Bonchev–Trinajstić information content (AvgIpc) is 2.04. The van der Waals surface area contributed by atoms with Crippen molar-refractivity contribution in [2.75, 3.05) is 13.1 Å². The van der Waals surface area contributed by atoms with E-state index in [-0.39, 0.29) is 5.82 Å². The Morgan fingerprint density at radius 2 is 2.15 bits per heavy atom. The van der Waals surface area contributed by atoms with Crippen molar-refractivity contribution < 1.29 is 4.39 Å². The van der Waals surface area contributed by atoms with Gasteiger partial charge in [0.05, 0.1) is 0 Å². The van der Waals surface area contributed by atoms with Gasteiger partial charge in [-0.1, -0.05) is 12.1 Å². The highest BCUT2D eigenvalue weighted by Gasteiger charge is 2.13. The SMILES string of the molecule is Cc1ccc(CN2CCC2)cc1F. The van der Waals surface area contributed by atoms with E-state index in [2.05, 4.69) is 4.90 Å². The third-order valence-electron chi connectivity index (χ3n) is 2.59. The first-order valence-corrected chi connectivity index (χ1v) is 4.73. The minimum atomic E-state index is -0.0852. The maximum atomic E-state index is 13.1. The molecule has 1 fully saturated rings. The summed E-state index contributed by atoms with van der Waals surface area (Å²) in [7, 11) is 0. The lowest BCUT2D eigenvalue weighted by atomic mass is 10.1. The summed E-state index contributed by atoms with van der Waals surface area (Å²) in [5, 5.41) is 0. The number of hydrogen-bond acceptors (Lipinski definition) is 1. The second-order valence-electron chi connectivity index (χ2n) is 3.71. The minimum Gasteiger partial charge on any atom is -0.299 e. The van der Waals surface area contributed by atoms with Gasteiger partial charge in [0.1, 0.15) is 5.82 Å². The molecule has 2 heteroatoms. The van der Waals surface area contributed by atoms with Crippen molar-refractivity contribution in [3.8, 4) is 0 Å². The van der Waals surface area contributed by atoms with Gasteiger partial charge in [-0.25, -0.2) is 4.39 Å². The van der Waals surface area contributed by atoms with Gasteiger partial charge in [0, 0.05) is 6.54 Å². The highest BCUT2D eigenvalue weighted by molar-refractivity contribution is 5.23. The molecule has 70 valence electrons. The summed E-state index contributed by atoms with van der Waals surface area (Å²) in [5.74, 6) is -0.0852. The molecule has 0 atom stereocenters. The Labute approximate surface area is 78.2 Å². The fourth-order valence-corrected chi connectivity index (χ4v) is 1.53. The molecule has 0 aromatic heterocycles. The molecule has 0 aliphatic carbocycles. The first kappa shape index (κ1) is 8.70. The standard InChI is InChI=1S/C11H14FN/c1-9-3-4-10(7-11(9)12)8-13-5-2-6-13/h3-4,7H,2,5-6,8H2,1H3. The number of benzene rings is 1. The summed E-state index contributed by atoms with van der Waals surface area (Å²) in [6.07, 6.45) is 1.29. The van der Waals surface area contributed by atoms with Gasteiger partial charge in [-0.05, 0) is 43.6 Å². The van der Waals surface area contributed by atoms with E-state index in [4.69, 9.17) is 0 Å². The van der Waals surface area contributed by atoms with E-state index >= 15 is 0 Å². The van der Waals surface area contributed by atoms with Gasteiger partial charge in [0.2, 0.25) is 0 Å². The van der Waals surface area contributed by atoms with Crippen molar-refractivity contribution in [1.82, 2.24) is 4.90 Å². The normalized spacial score (nSPS) is 17.1. The quantitative estimate of drug-likeness (QED) is 0.673. The Balaban J connectivity index is 2.07. The van der Waals surface area contributed by atoms with Crippen molar-refractivity contribution in [2.45, 2.75) is 19.9 Å². The van der Waals surface area contributed by atoms with Gasteiger partial charge < -0.3 is 0 Å². The average molecular weight is 179 g/mol. The van der Waals surface area contributed by atoms with Crippen LogP contribution in [0.25, 0.3) is 0 Å². The first-order chi connectivity index (χ1) is 6.25. The number of rotatable bonds is 2. The van der Waals surface area contributed by atoms with Crippen LogP contribution in [-0.4, -0.2) is 18.0 Å². The number of halogens is 1. The molecule has 0 spiro atoms. The molecular formula is C11H14FN. The molecular weight excluding hydrogens is 165 g/mol. The molecule has 0 bridgehead atoms. The molecule has 1 aromatic rings. The molecule has 1 heterocycles. The third kappa shape index (κ3) is 1.89. The van der Waals surface area contributed by atoms with Crippen molar-refractivity contribution in [3.05, 3.63) is 35.1 Å². The summed E-state index contributed by atoms with van der Waals surface area (Å²) < 4.78 is 13.1. The van der Waals surface area contributed by atoms with Crippen molar-refractivity contribution in [2.24, 2.45) is 0 Å². The zero-order chi connectivity index (χ0) is 9.26. The molecule has 0 N–H and O–H groups in total. The number of nitrogens with zero attached hydrogens (tertiary/aromatic N) is 1. The number of likely N-dealkylation sites (tertiary alicyclic amines) is 1. The molecule has 0 unspecified atom stereocenters. The molecule has 1 nitrogen and oxygen atoms in total. The maximum Gasteiger partial charge on any atom is 0.126 e. The zero-order valence-corrected chi connectivity index (χ0v) is 7.89. The number of aryl methyl sites for hydroxylation is 1. The molecule has 0 saturated carbocycles. The lowest BCUT2D eigenvalue weighted by Gasteiger charge is -2.30. The van der Waals surface area contributed by atoms with Crippen LogP contribution in [0.2, 0.25) is 0 Å². The van der Waals surface area contributed by atoms with Crippen molar-refractivity contribution in [3.63, 3.8) is 0 Å². The smallest absolute Gasteiger partial charge is 0.126 e. The summed E-state index contributed by atoms with van der Waals surface area (Å²) >= 11 is 0. The van der Waals surface area contributed by atoms with Crippen molar-refractivity contribution in [1.29, 1.82) is 0 Å². The monoisotopic (exact) mass is 179 g/mol. The third-order valence-corrected chi connectivity index (χ3v) is 2.59. The molecule has 1 aliphatic rings. The van der Waals surface area contributed by atoms with Gasteiger partial charge in [-0.3, -0.25) is 4.90 Å². The van der Waals surface area contributed by atoms with E-state index in [1.54, 1.807) is 13.0 Å². The Hall–Kier alpha value is -0.890. The van der Waals surface area contributed by atoms with E-state index in [0.717, 1.165) is 30.8 Å². The Morgan fingerprint density at radius 3 is 2.69 bits per heavy atom. The van der Waals surface area contributed by atoms with Gasteiger partial charge in [-0.2, -0.15) is 0 Å². The predicted octanol–water partition coefficient (Wildman–Crippen LogP) is 2.34. The van der Waals surface area contributed by atoms with Crippen LogP contribution in [0.1, 0.15) is 17.5 Å². The van der Waals surface area contributed by atoms with Gasteiger partial charge in [0.15, 0.2) is 0 Å². The van der Waals surface area contributed by atoms with Crippen LogP contribution in [0, 0.1) is 12.7 Å². The van der Waals surface area contributed by atoms with Crippen LogP contribution < -0.4 is 0 Å². The number of hydrogen-bond donors (Lipinski definition) is 0. The molecule has 1 aliphatic heterocycles. The van der Waals surface area contributed by atoms with Crippen LogP contribution in [-0.2, 0) is 6.54 Å². The second-order valence-corrected chi connectivity index (χ2v) is 3.71. The van der Waals surface area contributed by atoms with Gasteiger partial charge in [0.25, 0.3) is 0 Å². The fraction of sp³-hybridized carbons (Fsp3) is 0.455. The van der Waals surface area contributed by atoms with E-state index in [1.807, 2.05) is 12.1 Å². The van der Waals surface area contributed by atoms with E-state index in [9.17, 15) is 4.39 Å². The van der Waals surface area contributed by atoms with E-state index in [1.165, 1.54) is 6.42 Å². The highest BCUT2D eigenvalue weighted by atomic mass is 19.1. The van der Waals surface area contributed by atoms with Crippen LogP contribution in [0.4, 0.5) is 4.39 Å². The lowest BCUT2D eigenvalue weighted by Crippen LogP contribution is -2.36. The fourth-order valence-electron chi connectivity index (χ4n) is 1.53. The van der Waals surface area contributed by atoms with Crippen molar-refractivity contribution >= 4 is 0 Å². The van der Waals surface area contributed by atoms with E-state index < -0.39 is 0 Å². The Kier molecular flexibility index (Phi) is 2.32. The van der Waals surface area contributed by atoms with Crippen LogP contribution in [0.15, 0.2) is 18.2 Å². The molecule has 1 saturated heterocycles. The molecule has 2 rings (SSSR count). The largest absolute Gasteiger partial charge is 0.299 e. The summed E-state index contributed by atoms with van der Waals surface area (Å²) in [4.78, 5) is 2.32. The van der Waals surface area contributed by atoms with Gasteiger partial charge in [-0.15, -0.1) is 0 Å². The van der Waals surface area contributed by atoms with Gasteiger partial charge >= 0.3 is 0 Å². The molecule has 0 amide bonds. The van der Waals surface area contributed by atoms with E-state index in [0.29, 0.717) is 0 Å². The topological polar surface area (TPSA) is 3.24 Å². The summed E-state index contributed by atoms with van der Waals surface area (Å²) in [6, 6.07) is 5.51. The first-order valence-electron chi connectivity index (χ1n) is 4.73. The van der Waals surface area contributed by atoms with Crippen LogP contribution >= 0.6 is 0 Å². The molecule has 13 heavy (non-hydrogen) atoms. The molecule has 0 radical (unpaired) electrons. The lowest BCUT2D eigenvalue weighted by molar-refractivity contribution is 0.172. The maximum absolute atomic E-state index is 13.1. The highest BCUT2D eigenvalue weighted by Crippen LogP contribution is 2.14. The molecule has 1 aromatic carbocycles. The second kappa shape index (κ2) is 3.46. The zero-order valence-electron chi connectivity index (χ0n) is 7.89.